The summed E-state index contributed by atoms with van der Waals surface area (Å²) in [5.41, 5.74) is 0. The predicted molar refractivity (Wildman–Crippen MR) is 28.4 cm³/mol. The molecule has 12 heteroatoms. The molecule has 74 valence electrons. The van der Waals surface area contributed by atoms with Gasteiger partial charge in [-0.2, -0.15) is 0 Å². The van der Waals surface area contributed by atoms with Gasteiger partial charge in [-0.15, -0.1) is 0 Å². The molecule has 0 aliphatic heterocycles. The first-order valence-corrected chi connectivity index (χ1v) is 5.09. The molecule has 0 aliphatic rings. The quantitative estimate of drug-likeness (QED) is 0.198. The van der Waals surface area contributed by atoms with E-state index in [2.05, 4.69) is 19.4 Å². The minimum absolute atomic E-state index is 3.10. The molecule has 0 spiro atoms. The summed E-state index contributed by atoms with van der Waals surface area (Å²) in [4.78, 5) is 31.5. The molecule has 0 unspecified atom stereocenters. The van der Waals surface area contributed by atoms with E-state index in [4.69, 9.17) is 19.6 Å². The zero-order valence-corrected chi connectivity index (χ0v) is 6.92. The van der Waals surface area contributed by atoms with Crippen LogP contribution < -0.4 is 0 Å². The highest BCUT2D eigenvalue weighted by atomic mass is 31.2. The minimum atomic E-state index is -4.93. The summed E-state index contributed by atoms with van der Waals surface area (Å²) in [6.45, 7) is 0. The van der Waals surface area contributed by atoms with Gasteiger partial charge in [0, 0.05) is 0 Å². The zero-order valence-electron chi connectivity index (χ0n) is 5.13. The molecule has 0 aromatic carbocycles. The van der Waals surface area contributed by atoms with Crippen LogP contribution in [0.4, 0.5) is 0 Å². The fraction of sp³-hybridized carbons (Fsp3) is 0. The lowest BCUT2D eigenvalue weighted by Crippen LogP contribution is -1.95. The normalized spacial score (nSPS) is 13.3. The minimum Gasteiger partial charge on any atom is -0.301 e. The fourth-order valence-corrected chi connectivity index (χ4v) is 0.312. The third-order valence-electron chi connectivity index (χ3n) is 0.283. The van der Waals surface area contributed by atoms with E-state index in [9.17, 15) is 9.13 Å². The molecule has 0 aliphatic carbocycles. The van der Waals surface area contributed by atoms with Gasteiger partial charge < -0.3 is 19.6 Å². The van der Waals surface area contributed by atoms with Gasteiger partial charge in [0.1, 0.15) is 0 Å². The second-order valence-electron chi connectivity index (χ2n) is 1.27. The highest BCUT2D eigenvalue weighted by Crippen LogP contribution is 2.39. The molecule has 0 fully saturated rings. The van der Waals surface area contributed by atoms with E-state index >= 15 is 0 Å². The molecule has 0 amide bonds. The fourth-order valence-electron chi connectivity index (χ4n) is 0.104. The number of phosphoric acid groups is 2. The Kier molecular flexibility index (Phi) is 4.45. The van der Waals surface area contributed by atoms with E-state index < -0.39 is 15.6 Å². The summed E-state index contributed by atoms with van der Waals surface area (Å²) in [5.74, 6) is 0. The molecule has 0 rings (SSSR count). The Morgan fingerprint density at radius 3 is 1.17 bits per heavy atom. The van der Waals surface area contributed by atoms with Gasteiger partial charge >= 0.3 is 15.6 Å². The van der Waals surface area contributed by atoms with E-state index in [0.29, 0.717) is 0 Å². The van der Waals surface area contributed by atoms with Crippen molar-refractivity contribution in [3.05, 3.63) is 0 Å². The van der Waals surface area contributed by atoms with Crippen molar-refractivity contribution in [2.24, 2.45) is 0 Å². The second-order valence-corrected chi connectivity index (χ2v) is 3.53. The van der Waals surface area contributed by atoms with Crippen molar-refractivity contribution in [2.75, 3.05) is 0 Å². The highest BCUT2D eigenvalue weighted by Gasteiger charge is 2.20. The number of hydrogen-bond donors (Lipinski definition) is 4. The molecule has 0 heterocycles. The highest BCUT2D eigenvalue weighted by molar-refractivity contribution is 7.46. The van der Waals surface area contributed by atoms with Crippen LogP contribution in [-0.2, 0) is 28.6 Å². The van der Waals surface area contributed by atoms with Crippen LogP contribution in [0.3, 0.4) is 0 Å². The van der Waals surface area contributed by atoms with Crippen LogP contribution in [0.25, 0.3) is 0 Å². The van der Waals surface area contributed by atoms with Gasteiger partial charge in [-0.3, -0.25) is 0 Å². The Hall–Kier alpha value is 0.140. The van der Waals surface area contributed by atoms with Crippen LogP contribution in [0.5, 0.6) is 0 Å². The largest absolute Gasteiger partial charge is 0.499 e. The molecule has 0 bridgehead atoms. The first kappa shape index (κ1) is 12.1. The Labute approximate surface area is 64.9 Å². The molecule has 0 aromatic rings. The summed E-state index contributed by atoms with van der Waals surface area (Å²) >= 11 is 0. The summed E-state index contributed by atoms with van der Waals surface area (Å²) in [6.07, 6.45) is 0. The molecule has 0 saturated heterocycles. The lowest BCUT2D eigenvalue weighted by atomic mass is 14.4. The zero-order chi connectivity index (χ0) is 9.83. The van der Waals surface area contributed by atoms with Gasteiger partial charge in [-0.05, 0) is 10.1 Å². The van der Waals surface area contributed by atoms with Crippen molar-refractivity contribution in [3.8, 4) is 0 Å². The van der Waals surface area contributed by atoms with Gasteiger partial charge in [0.2, 0.25) is 0 Å². The Morgan fingerprint density at radius 2 is 1.00 bits per heavy atom. The van der Waals surface area contributed by atoms with Crippen LogP contribution in [-0.4, -0.2) is 19.6 Å². The summed E-state index contributed by atoms with van der Waals surface area (Å²) in [5, 5.41) is 6.19. The topological polar surface area (TPSA) is 152 Å². The maximum absolute atomic E-state index is 9.77. The van der Waals surface area contributed by atoms with Crippen molar-refractivity contribution < 1.29 is 48.1 Å². The number of rotatable bonds is 5. The lowest BCUT2D eigenvalue weighted by molar-refractivity contribution is -0.584. The Bertz CT molecular complexity index is 180. The first-order valence-electron chi connectivity index (χ1n) is 2.03. The predicted octanol–water partition coefficient (Wildman–Crippen LogP) is -1.02. The van der Waals surface area contributed by atoms with Crippen LogP contribution >= 0.6 is 15.6 Å². The summed E-state index contributed by atoms with van der Waals surface area (Å²) in [6, 6.07) is 0. The van der Waals surface area contributed by atoms with Gasteiger partial charge in [0.25, 0.3) is 0 Å². The smallest absolute Gasteiger partial charge is 0.301 e. The van der Waals surface area contributed by atoms with Crippen LogP contribution in [0.1, 0.15) is 0 Å². The van der Waals surface area contributed by atoms with Gasteiger partial charge in [0.15, 0.2) is 0 Å². The number of hydrogen-bond acceptors (Lipinski definition) is 6. The molecule has 0 atom stereocenters. The summed E-state index contributed by atoms with van der Waals surface area (Å²) < 4.78 is 25.7. The maximum Gasteiger partial charge on any atom is 0.499 e. The molecule has 4 N–H and O–H groups in total. The maximum atomic E-state index is 9.77. The van der Waals surface area contributed by atoms with Crippen molar-refractivity contribution in [3.63, 3.8) is 0 Å². The average molecular weight is 226 g/mol. The molecule has 0 saturated carbocycles. The van der Waals surface area contributed by atoms with Gasteiger partial charge in [0.05, 0.1) is 0 Å². The summed E-state index contributed by atoms with van der Waals surface area (Å²) in [7, 11) is -9.86. The standard InChI is InChI=1S/H4O10P2/c1-11(2,3)9-7-8-10-12(4,5)6/h(H2,1,2,3)(H2,4,5,6). The first-order chi connectivity index (χ1) is 5.21. The lowest BCUT2D eigenvalue weighted by Gasteiger charge is -2.02. The third kappa shape index (κ3) is 10.1. The average Bonchev–Trinajstić information content (AvgIpc) is 1.76. The molecular weight excluding hydrogens is 222 g/mol. The third-order valence-corrected chi connectivity index (χ3v) is 0.793. The van der Waals surface area contributed by atoms with Crippen molar-refractivity contribution in [2.45, 2.75) is 0 Å². The van der Waals surface area contributed by atoms with E-state index in [0.717, 1.165) is 0 Å². The molecular formula is H4O10P2. The van der Waals surface area contributed by atoms with Gasteiger partial charge in [-0.25, -0.2) is 9.13 Å². The van der Waals surface area contributed by atoms with Gasteiger partial charge in [-0.1, -0.05) is 9.35 Å². The van der Waals surface area contributed by atoms with Crippen molar-refractivity contribution in [1.29, 1.82) is 0 Å². The second kappa shape index (κ2) is 4.40. The van der Waals surface area contributed by atoms with E-state index in [-0.39, 0.29) is 0 Å². The Balaban J connectivity index is 3.48. The Morgan fingerprint density at radius 1 is 0.750 bits per heavy atom. The van der Waals surface area contributed by atoms with E-state index in [1.54, 1.807) is 0 Å². The SMILES string of the molecule is O=P(O)(O)OOOOP(=O)(O)O. The molecule has 12 heavy (non-hydrogen) atoms. The van der Waals surface area contributed by atoms with Crippen LogP contribution in [0.2, 0.25) is 0 Å². The molecule has 0 radical (unpaired) electrons. The van der Waals surface area contributed by atoms with E-state index in [1.165, 1.54) is 0 Å². The molecule has 0 aromatic heterocycles. The van der Waals surface area contributed by atoms with Crippen LogP contribution in [0.15, 0.2) is 0 Å². The van der Waals surface area contributed by atoms with Crippen molar-refractivity contribution in [1.82, 2.24) is 0 Å². The van der Waals surface area contributed by atoms with E-state index in [1.807, 2.05) is 0 Å². The van der Waals surface area contributed by atoms with Crippen LogP contribution in [0, 0.1) is 0 Å². The molecule has 10 nitrogen and oxygen atoms in total. The van der Waals surface area contributed by atoms with Crippen molar-refractivity contribution >= 4 is 15.6 Å². The monoisotopic (exact) mass is 226 g/mol.